The predicted octanol–water partition coefficient (Wildman–Crippen LogP) is 3.52. The van der Waals surface area contributed by atoms with Gasteiger partial charge in [0.25, 0.3) is 11.9 Å². The number of benzene rings is 1. The normalized spacial score (nSPS) is 18.9. The van der Waals surface area contributed by atoms with Gasteiger partial charge < -0.3 is 10.2 Å². The number of nitrogens with zero attached hydrogens (tertiary/aromatic N) is 5. The van der Waals surface area contributed by atoms with Gasteiger partial charge in [-0.05, 0) is 76.2 Å². The van der Waals surface area contributed by atoms with Crippen LogP contribution in [0.2, 0.25) is 0 Å². The van der Waals surface area contributed by atoms with Crippen LogP contribution in [0.4, 0.5) is 0 Å². The molecule has 3 heterocycles. The minimum atomic E-state index is -0.0159. The molecule has 1 aromatic carbocycles. The second-order valence-electron chi connectivity index (χ2n) is 9.74. The molecule has 0 spiro atoms. The number of aryl methyl sites for hydroxylation is 2. The minimum absolute atomic E-state index is 0.0159. The zero-order valence-corrected chi connectivity index (χ0v) is 19.1. The first-order chi connectivity index (χ1) is 16.2. The van der Waals surface area contributed by atoms with Gasteiger partial charge >= 0.3 is 0 Å². The van der Waals surface area contributed by atoms with Crippen molar-refractivity contribution in [1.29, 1.82) is 0 Å². The van der Waals surface area contributed by atoms with E-state index in [2.05, 4.69) is 46.6 Å². The van der Waals surface area contributed by atoms with E-state index in [4.69, 9.17) is 9.97 Å². The van der Waals surface area contributed by atoms with Crippen molar-refractivity contribution >= 4 is 5.91 Å². The van der Waals surface area contributed by atoms with E-state index >= 15 is 0 Å². The van der Waals surface area contributed by atoms with Gasteiger partial charge in [-0.15, -0.1) is 0 Å². The van der Waals surface area contributed by atoms with Crippen LogP contribution in [0.1, 0.15) is 65.2 Å². The van der Waals surface area contributed by atoms with E-state index in [1.807, 2.05) is 10.9 Å². The molecule has 2 fully saturated rings. The van der Waals surface area contributed by atoms with E-state index in [0.29, 0.717) is 17.4 Å². The van der Waals surface area contributed by atoms with Crippen molar-refractivity contribution in [3.8, 4) is 17.2 Å². The smallest absolute Gasteiger partial charge is 0.255 e. The molecular formula is C26H30N6O. The number of hydrogen-bond donors (Lipinski definition) is 1. The van der Waals surface area contributed by atoms with Gasteiger partial charge in [-0.25, -0.2) is 14.6 Å². The van der Waals surface area contributed by atoms with Crippen molar-refractivity contribution in [3.05, 3.63) is 59.0 Å². The van der Waals surface area contributed by atoms with E-state index in [0.717, 1.165) is 69.4 Å². The third-order valence-corrected chi connectivity index (χ3v) is 7.27. The second kappa shape index (κ2) is 8.37. The van der Waals surface area contributed by atoms with E-state index in [1.54, 1.807) is 6.20 Å². The Labute approximate surface area is 194 Å². The van der Waals surface area contributed by atoms with Crippen molar-refractivity contribution in [2.24, 2.45) is 0 Å². The monoisotopic (exact) mass is 442 g/mol. The van der Waals surface area contributed by atoms with Gasteiger partial charge in [-0.3, -0.25) is 4.79 Å². The first-order valence-corrected chi connectivity index (χ1v) is 12.2. The molecule has 7 heteroatoms. The van der Waals surface area contributed by atoms with Crippen LogP contribution < -0.4 is 5.32 Å². The SMILES string of the molecule is CN1CCC(NC(=O)c2cnn(-c3ncc4c(n3)-c3ccccc3CCC4)c2C2CC2)CC1. The summed E-state index contributed by atoms with van der Waals surface area (Å²) in [5, 5.41) is 7.88. The molecule has 33 heavy (non-hydrogen) atoms. The molecule has 0 atom stereocenters. The Morgan fingerprint density at radius 3 is 2.64 bits per heavy atom. The Morgan fingerprint density at radius 2 is 1.82 bits per heavy atom. The summed E-state index contributed by atoms with van der Waals surface area (Å²) >= 11 is 0. The summed E-state index contributed by atoms with van der Waals surface area (Å²) in [5.41, 5.74) is 6.35. The van der Waals surface area contributed by atoms with Crippen molar-refractivity contribution < 1.29 is 4.79 Å². The molecular weight excluding hydrogens is 412 g/mol. The van der Waals surface area contributed by atoms with Gasteiger partial charge in [0.15, 0.2) is 0 Å². The number of piperidine rings is 1. The summed E-state index contributed by atoms with van der Waals surface area (Å²) in [6.07, 6.45) is 10.9. The zero-order valence-electron chi connectivity index (χ0n) is 19.1. The highest BCUT2D eigenvalue weighted by Gasteiger charge is 2.34. The van der Waals surface area contributed by atoms with Gasteiger partial charge in [0, 0.05) is 23.7 Å². The topological polar surface area (TPSA) is 75.9 Å². The summed E-state index contributed by atoms with van der Waals surface area (Å²) < 4.78 is 1.81. The predicted molar refractivity (Wildman–Crippen MR) is 127 cm³/mol. The van der Waals surface area contributed by atoms with Gasteiger partial charge in [0.1, 0.15) is 0 Å². The molecule has 2 aliphatic carbocycles. The standard InChI is InChI=1S/C26H30N6O/c1-31-13-11-20(12-14-31)29-25(33)22-16-28-32(24(22)18-9-10-18)26-27-15-19-7-4-6-17-5-2-3-8-21(17)23(19)30-26/h2-3,5,8,15-16,18,20H,4,6-7,9-14H2,1H3,(H,29,33). The van der Waals surface area contributed by atoms with Crippen molar-refractivity contribution in [1.82, 2.24) is 30.0 Å². The third kappa shape index (κ3) is 3.95. The number of likely N-dealkylation sites (tertiary alicyclic amines) is 1. The van der Waals surface area contributed by atoms with Gasteiger partial charge in [0.2, 0.25) is 0 Å². The summed E-state index contributed by atoms with van der Waals surface area (Å²) in [4.78, 5) is 25.2. The van der Waals surface area contributed by atoms with Crippen LogP contribution in [-0.4, -0.2) is 56.7 Å². The molecule has 0 unspecified atom stereocenters. The second-order valence-corrected chi connectivity index (χ2v) is 9.74. The van der Waals surface area contributed by atoms with Crippen LogP contribution in [0.3, 0.4) is 0 Å². The van der Waals surface area contributed by atoms with Crippen LogP contribution in [0.5, 0.6) is 0 Å². The number of carbonyl (C=O) groups excluding carboxylic acids is 1. The van der Waals surface area contributed by atoms with Crippen LogP contribution in [-0.2, 0) is 12.8 Å². The van der Waals surface area contributed by atoms with Crippen molar-refractivity contribution in [2.75, 3.05) is 20.1 Å². The molecule has 1 aliphatic heterocycles. The Bertz CT molecular complexity index is 1190. The Morgan fingerprint density at radius 1 is 1.03 bits per heavy atom. The van der Waals surface area contributed by atoms with E-state index in [-0.39, 0.29) is 11.9 Å². The molecule has 2 aromatic heterocycles. The first-order valence-electron chi connectivity index (χ1n) is 12.2. The van der Waals surface area contributed by atoms with E-state index < -0.39 is 0 Å². The molecule has 1 N–H and O–H groups in total. The number of carbonyl (C=O) groups is 1. The number of amides is 1. The third-order valence-electron chi connectivity index (χ3n) is 7.27. The molecule has 1 amide bonds. The van der Waals surface area contributed by atoms with Crippen molar-refractivity contribution in [2.45, 2.75) is 56.9 Å². The fourth-order valence-electron chi connectivity index (χ4n) is 5.21. The van der Waals surface area contributed by atoms with Gasteiger partial charge in [0.05, 0.1) is 23.1 Å². The van der Waals surface area contributed by atoms with Crippen molar-refractivity contribution in [3.63, 3.8) is 0 Å². The Hall–Kier alpha value is -3.06. The lowest BCUT2D eigenvalue weighted by Crippen LogP contribution is -2.43. The molecule has 170 valence electrons. The summed E-state index contributed by atoms with van der Waals surface area (Å²) in [5.74, 6) is 0.893. The number of hydrogen-bond acceptors (Lipinski definition) is 5. The minimum Gasteiger partial charge on any atom is -0.349 e. The highest BCUT2D eigenvalue weighted by atomic mass is 16.1. The van der Waals surface area contributed by atoms with Crippen LogP contribution in [0.25, 0.3) is 17.2 Å². The number of nitrogens with one attached hydrogen (secondary N) is 1. The first kappa shape index (κ1) is 20.5. The average molecular weight is 443 g/mol. The average Bonchev–Trinajstić information content (AvgIpc) is 3.61. The largest absolute Gasteiger partial charge is 0.349 e. The highest BCUT2D eigenvalue weighted by Crippen LogP contribution is 2.42. The molecule has 0 bridgehead atoms. The molecule has 6 rings (SSSR count). The lowest BCUT2D eigenvalue weighted by Gasteiger charge is -2.29. The number of aromatic nitrogens is 4. The molecule has 3 aromatic rings. The maximum absolute atomic E-state index is 13.2. The molecule has 1 saturated heterocycles. The van der Waals surface area contributed by atoms with E-state index in [1.165, 1.54) is 16.7 Å². The van der Waals surface area contributed by atoms with Crippen LogP contribution >= 0.6 is 0 Å². The molecule has 1 saturated carbocycles. The quantitative estimate of drug-likeness (QED) is 0.669. The maximum atomic E-state index is 13.2. The number of fused-ring (bicyclic) bond motifs is 3. The molecule has 0 radical (unpaired) electrons. The fourth-order valence-corrected chi connectivity index (χ4v) is 5.21. The zero-order chi connectivity index (χ0) is 22.4. The molecule has 7 nitrogen and oxygen atoms in total. The summed E-state index contributed by atoms with van der Waals surface area (Å²) in [6.45, 7) is 2.04. The lowest BCUT2D eigenvalue weighted by atomic mass is 10.0. The van der Waals surface area contributed by atoms with Gasteiger partial charge in [-0.1, -0.05) is 24.3 Å². The van der Waals surface area contributed by atoms with Crippen LogP contribution in [0, 0.1) is 0 Å². The Balaban J connectivity index is 1.35. The van der Waals surface area contributed by atoms with E-state index in [9.17, 15) is 4.79 Å². The maximum Gasteiger partial charge on any atom is 0.255 e. The van der Waals surface area contributed by atoms with Crippen LogP contribution in [0.15, 0.2) is 36.7 Å². The fraction of sp³-hybridized carbons (Fsp3) is 0.462. The van der Waals surface area contributed by atoms with Gasteiger partial charge in [-0.2, -0.15) is 5.10 Å². The molecule has 3 aliphatic rings. The number of rotatable bonds is 4. The Kier molecular flexibility index (Phi) is 5.21. The highest BCUT2D eigenvalue weighted by molar-refractivity contribution is 5.95. The summed E-state index contributed by atoms with van der Waals surface area (Å²) in [7, 11) is 2.13. The lowest BCUT2D eigenvalue weighted by molar-refractivity contribution is 0.0916. The summed E-state index contributed by atoms with van der Waals surface area (Å²) in [6, 6.07) is 8.75.